The molecular formula is C17H8F11NO. The molecule has 2 aromatic carbocycles. The highest BCUT2D eigenvalue weighted by Gasteiger charge is 2.75. The molecule has 0 heterocycles. The molecule has 0 aliphatic carbocycles. The van der Waals surface area contributed by atoms with Crippen molar-refractivity contribution in [3.63, 3.8) is 0 Å². The Morgan fingerprint density at radius 2 is 1.10 bits per heavy atom. The number of hydrogen-bond acceptors (Lipinski definition) is 1. The van der Waals surface area contributed by atoms with Gasteiger partial charge in [-0.15, -0.1) is 0 Å². The molecule has 0 saturated heterocycles. The second-order valence-electron chi connectivity index (χ2n) is 5.96. The number of rotatable bonds is 4. The second-order valence-corrected chi connectivity index (χ2v) is 5.96. The lowest BCUT2D eigenvalue weighted by atomic mass is 9.78. The lowest BCUT2D eigenvalue weighted by molar-refractivity contribution is -0.323. The molecule has 1 N–H and O–H groups in total. The highest BCUT2D eigenvalue weighted by molar-refractivity contribution is 5.97. The molecule has 0 unspecified atom stereocenters. The van der Waals surface area contributed by atoms with Gasteiger partial charge in [0.1, 0.15) is 5.69 Å². The Morgan fingerprint density at radius 3 is 1.50 bits per heavy atom. The number of hydrogen-bond donors (Lipinski definition) is 1. The van der Waals surface area contributed by atoms with Crippen LogP contribution < -0.4 is 5.32 Å². The Morgan fingerprint density at radius 1 is 0.700 bits per heavy atom. The number of nitrogens with one attached hydrogen (secondary N) is 1. The molecule has 30 heavy (non-hydrogen) atoms. The standard InChI is InChI=1S/C17H8F11NO/c18-8-9(19)11(21)13(12(22)10(8)20)29-14(30)15(16(23,24)25,17(26,27)28)6-7-4-2-1-3-5-7/h1-5H,6H2,(H,29,30). The van der Waals surface area contributed by atoms with Gasteiger partial charge in [-0.05, 0) is 5.56 Å². The highest BCUT2D eigenvalue weighted by atomic mass is 19.4. The van der Waals surface area contributed by atoms with Crippen molar-refractivity contribution in [2.75, 3.05) is 5.32 Å². The summed E-state index contributed by atoms with van der Waals surface area (Å²) in [5, 5.41) is 0.586. The number of alkyl halides is 6. The lowest BCUT2D eigenvalue weighted by Crippen LogP contribution is -2.59. The Kier molecular flexibility index (Phi) is 6.06. The maximum absolute atomic E-state index is 13.7. The zero-order chi connectivity index (χ0) is 23.1. The predicted octanol–water partition coefficient (Wildman–Crippen LogP) is 5.67. The van der Waals surface area contributed by atoms with Gasteiger partial charge in [0, 0.05) is 6.42 Å². The third-order valence-electron chi connectivity index (χ3n) is 4.12. The van der Waals surface area contributed by atoms with Crippen LogP contribution in [0.1, 0.15) is 5.56 Å². The van der Waals surface area contributed by atoms with E-state index in [-0.39, 0.29) is 0 Å². The summed E-state index contributed by atoms with van der Waals surface area (Å²) in [6, 6.07) is 5.01. The lowest BCUT2D eigenvalue weighted by Gasteiger charge is -2.36. The van der Waals surface area contributed by atoms with Crippen molar-refractivity contribution in [1.82, 2.24) is 0 Å². The molecule has 0 fully saturated rings. The summed E-state index contributed by atoms with van der Waals surface area (Å²) in [7, 11) is 0. The van der Waals surface area contributed by atoms with Crippen molar-refractivity contribution in [3.8, 4) is 0 Å². The van der Waals surface area contributed by atoms with Crippen LogP contribution in [0.25, 0.3) is 0 Å². The number of carbonyl (C=O) groups excluding carboxylic acids is 1. The average Bonchev–Trinajstić information content (AvgIpc) is 2.65. The largest absolute Gasteiger partial charge is 0.412 e. The minimum atomic E-state index is -6.37. The normalized spacial score (nSPS) is 12.8. The van der Waals surface area contributed by atoms with Crippen LogP contribution >= 0.6 is 0 Å². The quantitative estimate of drug-likeness (QED) is 0.362. The van der Waals surface area contributed by atoms with Crippen LogP contribution in [-0.4, -0.2) is 18.3 Å². The van der Waals surface area contributed by atoms with Crippen LogP contribution in [0.15, 0.2) is 30.3 Å². The first-order valence-electron chi connectivity index (χ1n) is 7.65. The van der Waals surface area contributed by atoms with Crippen LogP contribution in [0.4, 0.5) is 54.0 Å². The first-order chi connectivity index (χ1) is 13.6. The van der Waals surface area contributed by atoms with Crippen LogP contribution in [0.5, 0.6) is 0 Å². The van der Waals surface area contributed by atoms with Gasteiger partial charge >= 0.3 is 12.4 Å². The number of anilines is 1. The maximum Gasteiger partial charge on any atom is 0.412 e. The van der Waals surface area contributed by atoms with Gasteiger partial charge in [0.05, 0.1) is 0 Å². The van der Waals surface area contributed by atoms with Gasteiger partial charge in [-0.25, -0.2) is 22.0 Å². The van der Waals surface area contributed by atoms with Gasteiger partial charge < -0.3 is 5.32 Å². The molecule has 0 aliphatic rings. The van der Waals surface area contributed by atoms with Gasteiger partial charge in [0.2, 0.25) is 17.1 Å². The molecule has 0 aromatic heterocycles. The summed E-state index contributed by atoms with van der Waals surface area (Å²) in [4.78, 5) is 12.1. The summed E-state index contributed by atoms with van der Waals surface area (Å²) in [6.45, 7) is 0. The van der Waals surface area contributed by atoms with E-state index < -0.39 is 70.4 Å². The van der Waals surface area contributed by atoms with Crippen molar-refractivity contribution >= 4 is 11.6 Å². The van der Waals surface area contributed by atoms with Crippen LogP contribution in [0.2, 0.25) is 0 Å². The van der Waals surface area contributed by atoms with Gasteiger partial charge in [-0.2, -0.15) is 26.3 Å². The summed E-state index contributed by atoms with van der Waals surface area (Å²) >= 11 is 0. The fourth-order valence-electron chi connectivity index (χ4n) is 2.54. The molecule has 0 saturated carbocycles. The van der Waals surface area contributed by atoms with E-state index in [1.807, 2.05) is 0 Å². The topological polar surface area (TPSA) is 29.1 Å². The van der Waals surface area contributed by atoms with Crippen molar-refractivity contribution < 1.29 is 53.1 Å². The fourth-order valence-corrected chi connectivity index (χ4v) is 2.54. The summed E-state index contributed by atoms with van der Waals surface area (Å²) in [6.07, 6.45) is -14.8. The second kappa shape index (κ2) is 7.76. The number of halogens is 11. The average molecular weight is 451 g/mol. The first-order valence-corrected chi connectivity index (χ1v) is 7.65. The predicted molar refractivity (Wildman–Crippen MR) is 79.6 cm³/mol. The van der Waals surface area contributed by atoms with E-state index in [0.717, 1.165) is 24.3 Å². The fraction of sp³-hybridized carbons (Fsp3) is 0.235. The maximum atomic E-state index is 13.7. The molecule has 13 heteroatoms. The van der Waals surface area contributed by atoms with Crippen LogP contribution in [0, 0.1) is 34.5 Å². The van der Waals surface area contributed by atoms with Gasteiger partial charge in [0.25, 0.3) is 0 Å². The molecule has 2 aromatic rings. The molecule has 0 bridgehead atoms. The molecule has 0 spiro atoms. The number of carbonyl (C=O) groups is 1. The molecular weight excluding hydrogens is 443 g/mol. The monoisotopic (exact) mass is 451 g/mol. The molecule has 2 rings (SSSR count). The van der Waals surface area contributed by atoms with Crippen molar-refractivity contribution in [1.29, 1.82) is 0 Å². The highest BCUT2D eigenvalue weighted by Crippen LogP contribution is 2.53. The summed E-state index contributed by atoms with van der Waals surface area (Å²) in [5.41, 5.74) is -8.25. The third-order valence-corrected chi connectivity index (χ3v) is 4.12. The molecule has 2 nitrogen and oxygen atoms in total. The smallest absolute Gasteiger partial charge is 0.320 e. The number of amides is 1. The van der Waals surface area contributed by atoms with E-state index in [1.54, 1.807) is 0 Å². The van der Waals surface area contributed by atoms with Crippen LogP contribution in [0.3, 0.4) is 0 Å². The molecule has 0 aliphatic heterocycles. The Bertz CT molecular complexity index is 908. The Balaban J connectivity index is 2.68. The SMILES string of the molecule is O=C(Nc1c(F)c(F)c(F)c(F)c1F)C(Cc1ccccc1)(C(F)(F)F)C(F)(F)F. The summed E-state index contributed by atoms with van der Waals surface area (Å²) in [5.74, 6) is -16.7. The van der Waals surface area contributed by atoms with E-state index >= 15 is 0 Å². The van der Waals surface area contributed by atoms with E-state index in [0.29, 0.717) is 5.32 Å². The third kappa shape index (κ3) is 3.79. The van der Waals surface area contributed by atoms with Crippen LogP contribution in [-0.2, 0) is 11.2 Å². The Labute approximate surface area is 160 Å². The van der Waals surface area contributed by atoms with E-state index in [2.05, 4.69) is 0 Å². The van der Waals surface area contributed by atoms with Gasteiger partial charge in [-0.3, -0.25) is 4.79 Å². The molecule has 164 valence electrons. The molecule has 1 amide bonds. The van der Waals surface area contributed by atoms with Crippen molar-refractivity contribution in [2.24, 2.45) is 5.41 Å². The summed E-state index contributed by atoms with van der Waals surface area (Å²) < 4.78 is 148. The zero-order valence-electron chi connectivity index (χ0n) is 14.2. The van der Waals surface area contributed by atoms with E-state index in [1.165, 1.54) is 6.07 Å². The van der Waals surface area contributed by atoms with E-state index in [9.17, 15) is 53.1 Å². The minimum Gasteiger partial charge on any atom is -0.320 e. The molecule has 0 atom stereocenters. The minimum absolute atomic E-state index is 0.586. The Hall–Kier alpha value is -2.86. The van der Waals surface area contributed by atoms with Gasteiger partial charge in [-0.1, -0.05) is 30.3 Å². The van der Waals surface area contributed by atoms with Crippen molar-refractivity contribution in [2.45, 2.75) is 18.8 Å². The van der Waals surface area contributed by atoms with E-state index in [4.69, 9.17) is 0 Å². The zero-order valence-corrected chi connectivity index (χ0v) is 14.2. The first kappa shape index (κ1) is 23.4. The van der Waals surface area contributed by atoms with Crippen molar-refractivity contribution in [3.05, 3.63) is 65.0 Å². The van der Waals surface area contributed by atoms with Gasteiger partial charge in [0.15, 0.2) is 23.3 Å². The molecule has 0 radical (unpaired) electrons. The number of benzene rings is 2.